The summed E-state index contributed by atoms with van der Waals surface area (Å²) in [5, 5.41) is 13.1. The second kappa shape index (κ2) is 6.93. The molecule has 124 valence electrons. The molecule has 0 radical (unpaired) electrons. The van der Waals surface area contributed by atoms with E-state index in [1.807, 2.05) is 54.2 Å². The van der Waals surface area contributed by atoms with Crippen LogP contribution in [0, 0.1) is 11.3 Å². The Morgan fingerprint density at radius 1 is 1.20 bits per heavy atom. The van der Waals surface area contributed by atoms with Crippen LogP contribution in [0.5, 0.6) is 5.75 Å². The van der Waals surface area contributed by atoms with Gasteiger partial charge < -0.3 is 14.6 Å². The Morgan fingerprint density at radius 2 is 1.92 bits per heavy atom. The van der Waals surface area contributed by atoms with Crippen molar-refractivity contribution in [2.45, 2.75) is 0 Å². The van der Waals surface area contributed by atoms with Crippen LogP contribution in [0.15, 0.2) is 60.3 Å². The first kappa shape index (κ1) is 16.3. The summed E-state index contributed by atoms with van der Waals surface area (Å²) < 4.78 is 7.18. The summed E-state index contributed by atoms with van der Waals surface area (Å²) >= 11 is 0. The predicted octanol–water partition coefficient (Wildman–Crippen LogP) is 3.73. The van der Waals surface area contributed by atoms with E-state index in [0.29, 0.717) is 11.4 Å². The number of ether oxygens (including phenoxy) is 1. The Kier molecular flexibility index (Phi) is 4.53. The zero-order valence-corrected chi connectivity index (χ0v) is 14.0. The van der Waals surface area contributed by atoms with E-state index < -0.39 is 5.91 Å². The van der Waals surface area contributed by atoms with E-state index in [2.05, 4.69) is 5.32 Å². The number of carbonyl (C=O) groups excluding carboxylic acids is 1. The number of fused-ring (bicyclic) bond motifs is 1. The summed E-state index contributed by atoms with van der Waals surface area (Å²) in [4.78, 5) is 12.5. The molecule has 5 heteroatoms. The van der Waals surface area contributed by atoms with Crippen LogP contribution in [-0.2, 0) is 11.8 Å². The van der Waals surface area contributed by atoms with Crippen molar-refractivity contribution in [2.75, 3.05) is 12.4 Å². The van der Waals surface area contributed by atoms with Gasteiger partial charge in [-0.05, 0) is 24.3 Å². The van der Waals surface area contributed by atoms with Crippen LogP contribution >= 0.6 is 0 Å². The fraction of sp³-hybridized carbons (Fsp3) is 0.100. The van der Waals surface area contributed by atoms with E-state index >= 15 is 0 Å². The number of para-hydroxylation sites is 3. The molecule has 25 heavy (non-hydrogen) atoms. The van der Waals surface area contributed by atoms with Crippen LogP contribution in [-0.4, -0.2) is 17.6 Å². The molecule has 5 nitrogen and oxygen atoms in total. The van der Waals surface area contributed by atoms with Crippen molar-refractivity contribution in [3.05, 3.63) is 65.9 Å². The lowest BCUT2D eigenvalue weighted by Crippen LogP contribution is -2.14. The lowest BCUT2D eigenvalue weighted by atomic mass is 10.1. The molecule has 0 spiro atoms. The van der Waals surface area contributed by atoms with Gasteiger partial charge in [0.05, 0.1) is 12.8 Å². The molecule has 2 aromatic carbocycles. The van der Waals surface area contributed by atoms with Gasteiger partial charge in [0.15, 0.2) is 0 Å². The number of rotatable bonds is 4. The molecule has 0 unspecified atom stereocenters. The highest BCUT2D eigenvalue weighted by atomic mass is 16.5. The van der Waals surface area contributed by atoms with Gasteiger partial charge in [0.1, 0.15) is 17.4 Å². The number of nitrogens with zero attached hydrogens (tertiary/aromatic N) is 2. The molecule has 0 saturated heterocycles. The van der Waals surface area contributed by atoms with Crippen LogP contribution in [0.25, 0.3) is 17.0 Å². The number of aromatic nitrogens is 1. The van der Waals surface area contributed by atoms with E-state index in [1.54, 1.807) is 24.3 Å². The fourth-order valence-corrected chi connectivity index (χ4v) is 2.73. The summed E-state index contributed by atoms with van der Waals surface area (Å²) in [5.74, 6) is 0.0678. The van der Waals surface area contributed by atoms with E-state index in [1.165, 1.54) is 7.11 Å². The number of benzene rings is 2. The quantitative estimate of drug-likeness (QED) is 0.585. The van der Waals surface area contributed by atoms with Crippen molar-refractivity contribution in [3.8, 4) is 11.8 Å². The minimum absolute atomic E-state index is 0.0299. The number of hydrogen-bond acceptors (Lipinski definition) is 3. The minimum atomic E-state index is -0.472. The van der Waals surface area contributed by atoms with Crippen molar-refractivity contribution in [2.24, 2.45) is 7.05 Å². The second-order valence-electron chi connectivity index (χ2n) is 5.54. The van der Waals surface area contributed by atoms with Gasteiger partial charge in [-0.15, -0.1) is 0 Å². The highest BCUT2D eigenvalue weighted by Gasteiger charge is 2.13. The Labute approximate surface area is 145 Å². The smallest absolute Gasteiger partial charge is 0.266 e. The van der Waals surface area contributed by atoms with Gasteiger partial charge >= 0.3 is 0 Å². The molecule has 1 amide bonds. The van der Waals surface area contributed by atoms with Crippen molar-refractivity contribution >= 4 is 28.6 Å². The van der Waals surface area contributed by atoms with Gasteiger partial charge in [-0.2, -0.15) is 5.26 Å². The van der Waals surface area contributed by atoms with Gasteiger partial charge in [0.25, 0.3) is 5.91 Å². The Morgan fingerprint density at radius 3 is 2.68 bits per heavy atom. The van der Waals surface area contributed by atoms with Crippen molar-refractivity contribution in [1.82, 2.24) is 4.57 Å². The van der Waals surface area contributed by atoms with Crippen molar-refractivity contribution in [3.63, 3.8) is 0 Å². The largest absolute Gasteiger partial charge is 0.495 e. The molecule has 0 fully saturated rings. The SMILES string of the molecule is COc1ccccc1NC(=O)/C(C#N)=C\c1cn(C)c2ccccc12. The first-order valence-corrected chi connectivity index (χ1v) is 7.74. The summed E-state index contributed by atoms with van der Waals surface area (Å²) in [7, 11) is 3.46. The fourth-order valence-electron chi connectivity index (χ4n) is 2.73. The lowest BCUT2D eigenvalue weighted by molar-refractivity contribution is -0.112. The van der Waals surface area contributed by atoms with Crippen LogP contribution in [0.3, 0.4) is 0 Å². The first-order valence-electron chi connectivity index (χ1n) is 7.74. The Hall–Kier alpha value is -3.52. The van der Waals surface area contributed by atoms with E-state index in [0.717, 1.165) is 16.5 Å². The molecule has 0 saturated carbocycles. The number of hydrogen-bond donors (Lipinski definition) is 1. The number of nitriles is 1. The maximum Gasteiger partial charge on any atom is 0.266 e. The van der Waals surface area contributed by atoms with Crippen molar-refractivity contribution in [1.29, 1.82) is 5.26 Å². The summed E-state index contributed by atoms with van der Waals surface area (Å²) in [5.41, 5.74) is 2.41. The molecule has 0 bridgehead atoms. The highest BCUT2D eigenvalue weighted by Crippen LogP contribution is 2.25. The highest BCUT2D eigenvalue weighted by molar-refractivity contribution is 6.11. The average Bonchev–Trinajstić information content (AvgIpc) is 2.96. The molecule has 3 rings (SSSR count). The number of amides is 1. The molecule has 3 aromatic rings. The molecule has 0 aliphatic carbocycles. The molecule has 1 aromatic heterocycles. The number of carbonyl (C=O) groups is 1. The normalized spacial score (nSPS) is 11.2. The summed E-state index contributed by atoms with van der Waals surface area (Å²) in [6.45, 7) is 0. The van der Waals surface area contributed by atoms with Crippen molar-refractivity contribution < 1.29 is 9.53 Å². The van der Waals surface area contributed by atoms with Gasteiger partial charge in [-0.25, -0.2) is 0 Å². The van der Waals surface area contributed by atoms with E-state index in [9.17, 15) is 10.1 Å². The standard InChI is InChI=1S/C20H17N3O2/c1-23-13-15(16-7-3-5-9-18(16)23)11-14(12-21)20(24)22-17-8-4-6-10-19(17)25-2/h3-11,13H,1-2H3,(H,22,24)/b14-11-. The van der Waals surface area contributed by atoms with E-state index in [4.69, 9.17) is 4.74 Å². The predicted molar refractivity (Wildman–Crippen MR) is 98.1 cm³/mol. The number of anilines is 1. The third-order valence-electron chi connectivity index (χ3n) is 3.95. The molecule has 0 aliphatic heterocycles. The first-order chi connectivity index (χ1) is 12.1. The van der Waals surface area contributed by atoms with Gasteiger partial charge in [-0.3, -0.25) is 4.79 Å². The molecule has 0 aliphatic rings. The Bertz CT molecular complexity index is 1010. The monoisotopic (exact) mass is 331 g/mol. The van der Waals surface area contributed by atoms with Crippen LogP contribution in [0.1, 0.15) is 5.56 Å². The zero-order valence-electron chi connectivity index (χ0n) is 14.0. The molecule has 1 heterocycles. The van der Waals surface area contributed by atoms with Gasteiger partial charge in [0, 0.05) is 29.7 Å². The minimum Gasteiger partial charge on any atom is -0.495 e. The average molecular weight is 331 g/mol. The summed E-state index contributed by atoms with van der Waals surface area (Å²) in [6, 6.07) is 16.9. The van der Waals surface area contributed by atoms with Gasteiger partial charge in [0.2, 0.25) is 0 Å². The topological polar surface area (TPSA) is 67.0 Å². The Balaban J connectivity index is 1.95. The second-order valence-corrected chi connectivity index (χ2v) is 5.54. The van der Waals surface area contributed by atoms with Crippen LogP contribution in [0.2, 0.25) is 0 Å². The maximum absolute atomic E-state index is 12.5. The number of aryl methyl sites for hydroxylation is 1. The third-order valence-corrected chi connectivity index (χ3v) is 3.95. The maximum atomic E-state index is 12.5. The number of nitrogens with one attached hydrogen (secondary N) is 1. The van der Waals surface area contributed by atoms with E-state index in [-0.39, 0.29) is 5.57 Å². The molecule has 0 atom stereocenters. The van der Waals surface area contributed by atoms with Crippen LogP contribution < -0.4 is 10.1 Å². The summed E-state index contributed by atoms with van der Waals surface area (Å²) in [6.07, 6.45) is 3.51. The molecular weight excluding hydrogens is 314 g/mol. The third kappa shape index (κ3) is 3.24. The van der Waals surface area contributed by atoms with Gasteiger partial charge in [-0.1, -0.05) is 30.3 Å². The number of methoxy groups -OCH3 is 1. The van der Waals surface area contributed by atoms with Crippen LogP contribution in [0.4, 0.5) is 5.69 Å². The lowest BCUT2D eigenvalue weighted by Gasteiger charge is -2.09. The molecular formula is C20H17N3O2. The molecule has 1 N–H and O–H groups in total. The zero-order chi connectivity index (χ0) is 17.8.